The highest BCUT2D eigenvalue weighted by atomic mass is 35.5. The number of alkyl halides is 1. The minimum absolute atomic E-state index is 0.0519. The first-order valence-corrected chi connectivity index (χ1v) is 2.48. The highest BCUT2D eigenvalue weighted by molar-refractivity contribution is 6.21. The molecular weight excluding hydrogens is 108 g/mol. The van der Waals surface area contributed by atoms with E-state index in [1.807, 2.05) is 6.92 Å². The Morgan fingerprint density at radius 3 is 2.57 bits per heavy atom. The summed E-state index contributed by atoms with van der Waals surface area (Å²) in [6, 6.07) is 0. The second-order valence-corrected chi connectivity index (χ2v) is 1.89. The lowest BCUT2D eigenvalue weighted by Crippen LogP contribution is -1.78. The zero-order valence-corrected chi connectivity index (χ0v) is 4.94. The Kier molecular flexibility index (Phi) is 3.55. The van der Waals surface area contributed by atoms with E-state index in [2.05, 4.69) is 5.92 Å². The van der Waals surface area contributed by atoms with Gasteiger partial charge in [-0.1, -0.05) is 12.0 Å². The number of allylic oxidation sites excluding steroid dienone is 2. The lowest BCUT2D eigenvalue weighted by Gasteiger charge is -1.83. The van der Waals surface area contributed by atoms with Gasteiger partial charge in [0.05, 0.1) is 0 Å². The predicted molar refractivity (Wildman–Crippen MR) is 33.3 cm³/mol. The van der Waals surface area contributed by atoms with Gasteiger partial charge in [-0.2, -0.15) is 0 Å². The maximum absolute atomic E-state index is 5.47. The smallest absolute Gasteiger partial charge is 0.0496 e. The molecule has 0 aliphatic rings. The third-order valence-electron chi connectivity index (χ3n) is 0.458. The molecule has 0 N–H and O–H groups in total. The fourth-order valence-corrected chi connectivity index (χ4v) is 0.261. The SMILES string of the molecule is C#C/C=C/C(C)Cl. The standard InChI is InChI=1S/C6H7Cl/c1-3-4-5-6(2)7/h1,4-6H,2H3/b5-4+. The van der Waals surface area contributed by atoms with Crippen molar-refractivity contribution in [3.63, 3.8) is 0 Å². The maximum Gasteiger partial charge on any atom is 0.0496 e. The van der Waals surface area contributed by atoms with Gasteiger partial charge < -0.3 is 0 Å². The average Bonchev–Trinajstić information content (AvgIpc) is 1.61. The number of halogens is 1. The van der Waals surface area contributed by atoms with Crippen molar-refractivity contribution in [3.05, 3.63) is 12.2 Å². The molecule has 0 spiro atoms. The topological polar surface area (TPSA) is 0 Å². The van der Waals surface area contributed by atoms with Crippen LogP contribution in [0.25, 0.3) is 0 Å². The summed E-state index contributed by atoms with van der Waals surface area (Å²) in [5.74, 6) is 2.33. The molecule has 0 saturated heterocycles. The van der Waals surface area contributed by atoms with Crippen molar-refractivity contribution in [1.29, 1.82) is 0 Å². The Morgan fingerprint density at radius 1 is 1.86 bits per heavy atom. The fourth-order valence-electron chi connectivity index (χ4n) is 0.188. The average molecular weight is 115 g/mol. The van der Waals surface area contributed by atoms with Crippen molar-refractivity contribution in [1.82, 2.24) is 0 Å². The van der Waals surface area contributed by atoms with Crippen molar-refractivity contribution in [2.45, 2.75) is 12.3 Å². The Balaban J connectivity index is 3.31. The van der Waals surface area contributed by atoms with E-state index in [9.17, 15) is 0 Å². The van der Waals surface area contributed by atoms with Crippen LogP contribution in [0, 0.1) is 12.3 Å². The number of hydrogen-bond donors (Lipinski definition) is 0. The van der Waals surface area contributed by atoms with Crippen molar-refractivity contribution in [3.8, 4) is 12.3 Å². The summed E-state index contributed by atoms with van der Waals surface area (Å²) in [7, 11) is 0. The second-order valence-electron chi connectivity index (χ2n) is 1.20. The summed E-state index contributed by atoms with van der Waals surface area (Å²) >= 11 is 5.47. The molecule has 0 heterocycles. The normalized spacial score (nSPS) is 13.9. The van der Waals surface area contributed by atoms with Crippen LogP contribution < -0.4 is 0 Å². The molecule has 1 heteroatoms. The summed E-state index contributed by atoms with van der Waals surface area (Å²) in [5, 5.41) is 0.0519. The van der Waals surface area contributed by atoms with Gasteiger partial charge in [-0.3, -0.25) is 0 Å². The van der Waals surface area contributed by atoms with Gasteiger partial charge in [0.2, 0.25) is 0 Å². The van der Waals surface area contributed by atoms with Crippen LogP contribution in [0.5, 0.6) is 0 Å². The molecule has 0 rings (SSSR count). The van der Waals surface area contributed by atoms with Crippen LogP contribution in [0.2, 0.25) is 0 Å². The number of hydrogen-bond acceptors (Lipinski definition) is 0. The molecular formula is C6H7Cl. The molecule has 0 amide bonds. The monoisotopic (exact) mass is 114 g/mol. The lowest BCUT2D eigenvalue weighted by atomic mass is 10.4. The summed E-state index contributed by atoms with van der Waals surface area (Å²) in [4.78, 5) is 0. The second kappa shape index (κ2) is 3.77. The Morgan fingerprint density at radius 2 is 2.43 bits per heavy atom. The molecule has 0 saturated carbocycles. The molecule has 0 radical (unpaired) electrons. The predicted octanol–water partition coefficient (Wildman–Crippen LogP) is 1.80. The molecule has 0 aromatic carbocycles. The van der Waals surface area contributed by atoms with E-state index < -0.39 is 0 Å². The Hall–Kier alpha value is -0.410. The lowest BCUT2D eigenvalue weighted by molar-refractivity contribution is 1.23. The van der Waals surface area contributed by atoms with Gasteiger partial charge in [0.15, 0.2) is 0 Å². The van der Waals surface area contributed by atoms with Gasteiger partial charge in [-0.15, -0.1) is 18.0 Å². The van der Waals surface area contributed by atoms with Gasteiger partial charge >= 0.3 is 0 Å². The molecule has 0 aromatic rings. The molecule has 0 fully saturated rings. The van der Waals surface area contributed by atoms with Crippen LogP contribution >= 0.6 is 11.6 Å². The van der Waals surface area contributed by atoms with E-state index in [0.717, 1.165) is 0 Å². The van der Waals surface area contributed by atoms with Gasteiger partial charge in [0.1, 0.15) is 0 Å². The molecule has 7 heavy (non-hydrogen) atoms. The third-order valence-corrected chi connectivity index (χ3v) is 0.603. The van der Waals surface area contributed by atoms with Crippen LogP contribution in [0.1, 0.15) is 6.92 Å². The van der Waals surface area contributed by atoms with E-state index in [4.69, 9.17) is 18.0 Å². The first-order valence-electron chi connectivity index (χ1n) is 2.04. The molecule has 1 atom stereocenters. The van der Waals surface area contributed by atoms with E-state index in [0.29, 0.717) is 0 Å². The van der Waals surface area contributed by atoms with Crippen molar-refractivity contribution >= 4 is 11.6 Å². The van der Waals surface area contributed by atoms with Gasteiger partial charge in [0, 0.05) is 5.38 Å². The zero-order chi connectivity index (χ0) is 5.70. The Labute approximate surface area is 49.2 Å². The van der Waals surface area contributed by atoms with E-state index in [1.54, 1.807) is 12.2 Å². The first-order chi connectivity index (χ1) is 3.27. The van der Waals surface area contributed by atoms with E-state index in [1.165, 1.54) is 0 Å². The van der Waals surface area contributed by atoms with Gasteiger partial charge in [-0.05, 0) is 13.0 Å². The highest BCUT2D eigenvalue weighted by Gasteiger charge is 1.80. The maximum atomic E-state index is 5.47. The molecule has 0 aromatic heterocycles. The van der Waals surface area contributed by atoms with Crippen molar-refractivity contribution in [2.75, 3.05) is 0 Å². The molecule has 0 aliphatic carbocycles. The molecule has 0 aliphatic heterocycles. The van der Waals surface area contributed by atoms with Crippen LogP contribution in [0.4, 0.5) is 0 Å². The summed E-state index contributed by atoms with van der Waals surface area (Å²) in [6.45, 7) is 1.86. The molecule has 0 bridgehead atoms. The van der Waals surface area contributed by atoms with Crippen LogP contribution in [0.3, 0.4) is 0 Å². The summed E-state index contributed by atoms with van der Waals surface area (Å²) in [5.41, 5.74) is 0. The first kappa shape index (κ1) is 6.59. The fraction of sp³-hybridized carbons (Fsp3) is 0.333. The Bertz CT molecular complexity index is 95.2. The molecule has 0 nitrogen and oxygen atoms in total. The number of terminal acetylenes is 1. The third kappa shape index (κ3) is 5.59. The van der Waals surface area contributed by atoms with Crippen molar-refractivity contribution < 1.29 is 0 Å². The van der Waals surface area contributed by atoms with Gasteiger partial charge in [-0.25, -0.2) is 0 Å². The van der Waals surface area contributed by atoms with Gasteiger partial charge in [0.25, 0.3) is 0 Å². The molecule has 38 valence electrons. The molecule has 1 unspecified atom stereocenters. The van der Waals surface area contributed by atoms with Crippen LogP contribution in [-0.2, 0) is 0 Å². The van der Waals surface area contributed by atoms with Crippen LogP contribution in [0.15, 0.2) is 12.2 Å². The minimum atomic E-state index is 0.0519. The zero-order valence-electron chi connectivity index (χ0n) is 4.19. The summed E-state index contributed by atoms with van der Waals surface area (Å²) in [6.07, 6.45) is 8.23. The number of rotatable bonds is 1. The minimum Gasteiger partial charge on any atom is -0.119 e. The largest absolute Gasteiger partial charge is 0.119 e. The summed E-state index contributed by atoms with van der Waals surface area (Å²) < 4.78 is 0. The van der Waals surface area contributed by atoms with Crippen molar-refractivity contribution in [2.24, 2.45) is 0 Å². The highest BCUT2D eigenvalue weighted by Crippen LogP contribution is 1.92. The quantitative estimate of drug-likeness (QED) is 0.360. The van der Waals surface area contributed by atoms with E-state index in [-0.39, 0.29) is 5.38 Å². The van der Waals surface area contributed by atoms with Crippen LogP contribution in [-0.4, -0.2) is 5.38 Å². The van der Waals surface area contributed by atoms with E-state index >= 15 is 0 Å².